The van der Waals surface area contributed by atoms with E-state index >= 15 is 0 Å². The Balaban J connectivity index is 1.44. The minimum Gasteiger partial charge on any atom is -0.322 e. The Hall–Kier alpha value is -4.84. The largest absolute Gasteiger partial charge is 0.322 e. The van der Waals surface area contributed by atoms with E-state index in [1.54, 1.807) is 36.4 Å². The summed E-state index contributed by atoms with van der Waals surface area (Å²) in [6, 6.07) is 27.8. The van der Waals surface area contributed by atoms with Crippen LogP contribution in [0.15, 0.2) is 97.1 Å². The van der Waals surface area contributed by atoms with E-state index in [0.29, 0.717) is 16.9 Å². The SMILES string of the molecule is CC(=O)c1ccc(NC(=O)c2ccc3c(c2)C(=O)N(c2ccccc2-c2ccccc2)C3=O)cc1. The summed E-state index contributed by atoms with van der Waals surface area (Å²) < 4.78 is 0. The third-order valence-corrected chi connectivity index (χ3v) is 5.93. The van der Waals surface area contributed by atoms with Crippen LogP contribution < -0.4 is 10.2 Å². The summed E-state index contributed by atoms with van der Waals surface area (Å²) in [6.07, 6.45) is 0. The third kappa shape index (κ3) is 4.02. The van der Waals surface area contributed by atoms with Gasteiger partial charge in [-0.15, -0.1) is 0 Å². The first-order chi connectivity index (χ1) is 16.9. The molecule has 0 saturated heterocycles. The van der Waals surface area contributed by atoms with Crippen LogP contribution in [0.1, 0.15) is 48.4 Å². The summed E-state index contributed by atoms with van der Waals surface area (Å²) in [6.45, 7) is 1.47. The van der Waals surface area contributed by atoms with E-state index in [0.717, 1.165) is 16.0 Å². The van der Waals surface area contributed by atoms with Crippen molar-refractivity contribution in [1.82, 2.24) is 0 Å². The van der Waals surface area contributed by atoms with Gasteiger partial charge in [-0.25, -0.2) is 4.90 Å². The quantitative estimate of drug-likeness (QED) is 0.310. The lowest BCUT2D eigenvalue weighted by Crippen LogP contribution is -2.29. The number of nitrogens with zero attached hydrogens (tertiary/aromatic N) is 1. The standard InChI is InChI=1S/C29H20N2O4/c1-18(32)19-11-14-22(15-12-19)30-27(33)21-13-16-24-25(17-21)29(35)31(28(24)34)26-10-6-5-9-23(26)20-7-3-2-4-8-20/h2-17H,1H3,(H,30,33). The molecule has 0 fully saturated rings. The molecule has 5 rings (SSSR count). The number of ketones is 1. The van der Waals surface area contributed by atoms with Gasteiger partial charge in [0.25, 0.3) is 17.7 Å². The van der Waals surface area contributed by atoms with Crippen molar-refractivity contribution in [2.75, 3.05) is 10.2 Å². The second-order valence-corrected chi connectivity index (χ2v) is 8.18. The van der Waals surface area contributed by atoms with Crippen molar-refractivity contribution in [3.05, 3.63) is 119 Å². The summed E-state index contributed by atoms with van der Waals surface area (Å²) in [5.41, 5.74) is 3.87. The summed E-state index contributed by atoms with van der Waals surface area (Å²) in [4.78, 5) is 52.0. The number of fused-ring (bicyclic) bond motifs is 1. The van der Waals surface area contributed by atoms with Crippen LogP contribution in [0.3, 0.4) is 0 Å². The Bertz CT molecular complexity index is 1490. The zero-order chi connectivity index (χ0) is 24.5. The predicted octanol–water partition coefficient (Wildman–Crippen LogP) is 5.61. The maximum Gasteiger partial charge on any atom is 0.266 e. The Labute approximate surface area is 201 Å². The predicted molar refractivity (Wildman–Crippen MR) is 134 cm³/mol. The Morgan fingerprint density at radius 3 is 2.00 bits per heavy atom. The maximum absolute atomic E-state index is 13.4. The highest BCUT2D eigenvalue weighted by Gasteiger charge is 2.38. The number of imide groups is 1. The highest BCUT2D eigenvalue weighted by molar-refractivity contribution is 6.35. The number of anilines is 2. The van der Waals surface area contributed by atoms with Gasteiger partial charge < -0.3 is 5.32 Å². The van der Waals surface area contributed by atoms with Crippen LogP contribution in [0.4, 0.5) is 11.4 Å². The first-order valence-electron chi connectivity index (χ1n) is 11.0. The molecule has 0 aliphatic carbocycles. The van der Waals surface area contributed by atoms with E-state index in [4.69, 9.17) is 0 Å². The number of hydrogen-bond acceptors (Lipinski definition) is 4. The fourth-order valence-corrected chi connectivity index (χ4v) is 4.12. The second-order valence-electron chi connectivity index (χ2n) is 8.18. The van der Waals surface area contributed by atoms with Crippen LogP contribution in [-0.2, 0) is 0 Å². The topological polar surface area (TPSA) is 83.6 Å². The lowest BCUT2D eigenvalue weighted by atomic mass is 10.0. The monoisotopic (exact) mass is 460 g/mol. The number of benzene rings is 4. The van der Waals surface area contributed by atoms with E-state index in [1.165, 1.54) is 25.1 Å². The van der Waals surface area contributed by atoms with Gasteiger partial charge in [-0.3, -0.25) is 19.2 Å². The molecule has 0 spiro atoms. The number of carbonyl (C=O) groups is 4. The van der Waals surface area contributed by atoms with Gasteiger partial charge in [0.15, 0.2) is 5.78 Å². The number of hydrogen-bond donors (Lipinski definition) is 1. The number of rotatable bonds is 5. The lowest BCUT2D eigenvalue weighted by Gasteiger charge is -2.18. The highest BCUT2D eigenvalue weighted by atomic mass is 16.2. The van der Waals surface area contributed by atoms with Crippen LogP contribution in [0, 0.1) is 0 Å². The second kappa shape index (κ2) is 8.83. The molecule has 3 amide bonds. The van der Waals surface area contributed by atoms with Gasteiger partial charge in [0.1, 0.15) is 0 Å². The van der Waals surface area contributed by atoms with E-state index in [-0.39, 0.29) is 22.5 Å². The Morgan fingerprint density at radius 2 is 1.29 bits per heavy atom. The van der Waals surface area contributed by atoms with Gasteiger partial charge in [-0.2, -0.15) is 0 Å². The van der Waals surface area contributed by atoms with E-state index in [1.807, 2.05) is 42.5 Å². The molecule has 35 heavy (non-hydrogen) atoms. The molecule has 4 aromatic carbocycles. The molecule has 0 bridgehead atoms. The van der Waals surface area contributed by atoms with Crippen molar-refractivity contribution in [2.24, 2.45) is 0 Å². The van der Waals surface area contributed by atoms with Crippen LogP contribution in [-0.4, -0.2) is 23.5 Å². The molecule has 0 saturated carbocycles. The Kier molecular flexibility index (Phi) is 5.55. The number of nitrogens with one attached hydrogen (secondary N) is 1. The summed E-state index contributed by atoms with van der Waals surface area (Å²) >= 11 is 0. The molecule has 1 aliphatic heterocycles. The van der Waals surface area contributed by atoms with Gasteiger partial charge in [-0.05, 0) is 61.0 Å². The zero-order valence-corrected chi connectivity index (χ0v) is 18.8. The normalized spacial score (nSPS) is 12.4. The number of carbonyl (C=O) groups excluding carboxylic acids is 4. The molecule has 1 aliphatic rings. The summed E-state index contributed by atoms with van der Waals surface area (Å²) in [5, 5.41) is 2.76. The molecule has 0 aromatic heterocycles. The smallest absolute Gasteiger partial charge is 0.266 e. The van der Waals surface area contributed by atoms with Gasteiger partial charge >= 0.3 is 0 Å². The van der Waals surface area contributed by atoms with Crippen LogP contribution in [0.25, 0.3) is 11.1 Å². The number of amides is 3. The van der Waals surface area contributed by atoms with Gasteiger partial charge in [0.05, 0.1) is 16.8 Å². The average molecular weight is 460 g/mol. The van der Waals surface area contributed by atoms with Crippen molar-refractivity contribution in [3.63, 3.8) is 0 Å². The molecule has 170 valence electrons. The van der Waals surface area contributed by atoms with Crippen molar-refractivity contribution < 1.29 is 19.2 Å². The van der Waals surface area contributed by atoms with Gasteiger partial charge in [-0.1, -0.05) is 48.5 Å². The summed E-state index contributed by atoms with van der Waals surface area (Å²) in [5.74, 6) is -1.40. The molecule has 1 N–H and O–H groups in total. The molecule has 1 heterocycles. The van der Waals surface area contributed by atoms with E-state index < -0.39 is 17.7 Å². The third-order valence-electron chi connectivity index (χ3n) is 5.93. The molecule has 0 atom stereocenters. The van der Waals surface area contributed by atoms with E-state index in [2.05, 4.69) is 5.32 Å². The molecule has 4 aromatic rings. The molecular formula is C29H20N2O4. The highest BCUT2D eigenvalue weighted by Crippen LogP contribution is 2.36. The van der Waals surface area contributed by atoms with Gasteiger partial charge in [0.2, 0.25) is 0 Å². The lowest BCUT2D eigenvalue weighted by molar-refractivity contribution is 0.0924. The molecule has 6 nitrogen and oxygen atoms in total. The van der Waals surface area contributed by atoms with Crippen LogP contribution in [0.2, 0.25) is 0 Å². The van der Waals surface area contributed by atoms with Gasteiger partial charge in [0, 0.05) is 22.4 Å². The molecule has 0 radical (unpaired) electrons. The molecular weight excluding hydrogens is 440 g/mol. The molecule has 0 unspecified atom stereocenters. The maximum atomic E-state index is 13.4. The van der Waals surface area contributed by atoms with Crippen molar-refractivity contribution in [3.8, 4) is 11.1 Å². The minimum atomic E-state index is -0.478. The average Bonchev–Trinajstić information content (AvgIpc) is 3.14. The first kappa shape index (κ1) is 22.0. The number of Topliss-reactive ketones (excluding diaryl/α,β-unsaturated/α-hetero) is 1. The minimum absolute atomic E-state index is 0.0666. The van der Waals surface area contributed by atoms with Crippen LogP contribution in [0.5, 0.6) is 0 Å². The van der Waals surface area contributed by atoms with Crippen LogP contribution >= 0.6 is 0 Å². The fourth-order valence-electron chi connectivity index (χ4n) is 4.12. The Morgan fingerprint density at radius 1 is 0.657 bits per heavy atom. The van der Waals surface area contributed by atoms with Crippen molar-refractivity contribution in [2.45, 2.75) is 6.92 Å². The molecule has 6 heteroatoms. The fraction of sp³-hybridized carbons (Fsp3) is 0.0345. The number of para-hydroxylation sites is 1. The van der Waals surface area contributed by atoms with Crippen molar-refractivity contribution in [1.29, 1.82) is 0 Å². The van der Waals surface area contributed by atoms with E-state index in [9.17, 15) is 19.2 Å². The zero-order valence-electron chi connectivity index (χ0n) is 18.8. The summed E-state index contributed by atoms with van der Waals surface area (Å²) in [7, 11) is 0. The first-order valence-corrected chi connectivity index (χ1v) is 11.0. The van der Waals surface area contributed by atoms with Crippen molar-refractivity contribution >= 4 is 34.9 Å².